The highest BCUT2D eigenvalue weighted by atomic mass is 19.2. The van der Waals surface area contributed by atoms with Crippen molar-refractivity contribution in [3.63, 3.8) is 0 Å². The number of hydrogen-bond acceptors (Lipinski definition) is 0. The molecule has 0 radical (unpaired) electrons. The summed E-state index contributed by atoms with van der Waals surface area (Å²) < 4.78 is 40.1. The van der Waals surface area contributed by atoms with Crippen molar-refractivity contribution in [2.45, 2.75) is 70.6 Å². The molecule has 2 fully saturated rings. The zero-order chi connectivity index (χ0) is 17.1. The molecule has 0 nitrogen and oxygen atoms in total. The monoisotopic (exact) mass is 336 g/mol. The summed E-state index contributed by atoms with van der Waals surface area (Å²) in [6.45, 7) is 1.65. The average Bonchev–Trinajstić information content (AvgIpc) is 2.61. The van der Waals surface area contributed by atoms with Gasteiger partial charge in [0.25, 0.3) is 0 Å². The Morgan fingerprint density at radius 3 is 2.17 bits per heavy atom. The first-order valence-electron chi connectivity index (χ1n) is 9.36. The van der Waals surface area contributed by atoms with Crippen LogP contribution in [-0.4, -0.2) is 0 Å². The van der Waals surface area contributed by atoms with E-state index in [1.165, 1.54) is 51.0 Å². The Morgan fingerprint density at radius 2 is 1.58 bits per heavy atom. The van der Waals surface area contributed by atoms with E-state index in [-0.39, 0.29) is 11.9 Å². The van der Waals surface area contributed by atoms with Gasteiger partial charge in [-0.3, -0.25) is 0 Å². The van der Waals surface area contributed by atoms with E-state index >= 15 is 0 Å². The van der Waals surface area contributed by atoms with Crippen LogP contribution in [0.4, 0.5) is 13.2 Å². The normalized spacial score (nSPS) is 26.6. The molecule has 2 aliphatic carbocycles. The largest absolute Gasteiger partial charge is 0.212 e. The summed E-state index contributed by atoms with van der Waals surface area (Å²) in [7, 11) is 0. The van der Waals surface area contributed by atoms with Crippen LogP contribution in [0.3, 0.4) is 0 Å². The van der Waals surface area contributed by atoms with E-state index in [0.717, 1.165) is 30.2 Å². The fourth-order valence-corrected chi connectivity index (χ4v) is 4.89. The molecule has 1 aromatic rings. The molecule has 0 bridgehead atoms. The molecule has 0 atom stereocenters. The summed E-state index contributed by atoms with van der Waals surface area (Å²) in [6.07, 6.45) is 11.4. The lowest BCUT2D eigenvalue weighted by atomic mass is 9.70. The van der Waals surface area contributed by atoms with Crippen molar-refractivity contribution < 1.29 is 13.2 Å². The molecule has 2 saturated carbocycles. The smallest absolute Gasteiger partial charge is 0.161 e. The Morgan fingerprint density at radius 1 is 0.958 bits per heavy atom. The predicted octanol–water partition coefficient (Wildman–Crippen LogP) is 7.23. The Kier molecular flexibility index (Phi) is 5.68. The average molecular weight is 336 g/mol. The van der Waals surface area contributed by atoms with Crippen LogP contribution in [0.15, 0.2) is 18.5 Å². The molecule has 0 amide bonds. The van der Waals surface area contributed by atoms with Crippen molar-refractivity contribution in [2.75, 3.05) is 0 Å². The first kappa shape index (κ1) is 17.6. The van der Waals surface area contributed by atoms with E-state index in [1.807, 2.05) is 6.07 Å². The van der Waals surface area contributed by atoms with Gasteiger partial charge in [-0.2, -0.15) is 0 Å². The van der Waals surface area contributed by atoms with E-state index in [4.69, 9.17) is 0 Å². The zero-order valence-electron chi connectivity index (χ0n) is 14.5. The maximum Gasteiger partial charge on any atom is 0.161 e. The molecule has 0 saturated heterocycles. The summed E-state index contributed by atoms with van der Waals surface area (Å²) >= 11 is 0. The Balaban J connectivity index is 1.68. The second kappa shape index (κ2) is 7.76. The minimum absolute atomic E-state index is 0.166. The molecule has 0 spiro atoms. The van der Waals surface area contributed by atoms with Gasteiger partial charge in [-0.1, -0.05) is 38.2 Å². The molecule has 0 unspecified atom stereocenters. The SMILES string of the molecule is Cc1cc(C2CCC(C3CCCCC3)CC2)cc(F)c1/C(F)=C/F. The Bertz CT molecular complexity index is 568. The predicted molar refractivity (Wildman–Crippen MR) is 92.6 cm³/mol. The van der Waals surface area contributed by atoms with Gasteiger partial charge in [-0.25, -0.2) is 13.2 Å². The van der Waals surface area contributed by atoms with Gasteiger partial charge in [0.2, 0.25) is 0 Å². The maximum atomic E-state index is 14.2. The van der Waals surface area contributed by atoms with Crippen LogP contribution in [0.5, 0.6) is 0 Å². The molecule has 24 heavy (non-hydrogen) atoms. The molecular formula is C21H27F3. The molecule has 0 aliphatic heterocycles. The van der Waals surface area contributed by atoms with Crippen LogP contribution in [0, 0.1) is 24.6 Å². The molecular weight excluding hydrogens is 309 g/mol. The molecule has 0 aromatic heterocycles. The molecule has 3 rings (SSSR count). The summed E-state index contributed by atoms with van der Waals surface area (Å²) in [4.78, 5) is 0. The summed E-state index contributed by atoms with van der Waals surface area (Å²) in [6, 6.07) is 3.25. The summed E-state index contributed by atoms with van der Waals surface area (Å²) in [5.74, 6) is 0.302. The van der Waals surface area contributed by atoms with Gasteiger partial charge >= 0.3 is 0 Å². The van der Waals surface area contributed by atoms with Crippen molar-refractivity contribution in [1.29, 1.82) is 0 Å². The maximum absolute atomic E-state index is 14.2. The molecule has 2 aliphatic rings. The number of benzene rings is 1. The fourth-order valence-electron chi connectivity index (χ4n) is 4.89. The van der Waals surface area contributed by atoms with Crippen LogP contribution >= 0.6 is 0 Å². The summed E-state index contributed by atoms with van der Waals surface area (Å²) in [5, 5.41) is 0. The second-order valence-electron chi connectivity index (χ2n) is 7.66. The van der Waals surface area contributed by atoms with Crippen LogP contribution in [0.25, 0.3) is 5.83 Å². The van der Waals surface area contributed by atoms with E-state index in [2.05, 4.69) is 0 Å². The van der Waals surface area contributed by atoms with Gasteiger partial charge in [0.05, 0.1) is 5.56 Å². The molecule has 3 heteroatoms. The highest BCUT2D eigenvalue weighted by Crippen LogP contribution is 2.43. The highest BCUT2D eigenvalue weighted by Gasteiger charge is 2.29. The lowest BCUT2D eigenvalue weighted by molar-refractivity contribution is 0.186. The lowest BCUT2D eigenvalue weighted by Crippen LogP contribution is -2.23. The zero-order valence-corrected chi connectivity index (χ0v) is 14.5. The first-order chi connectivity index (χ1) is 11.6. The third kappa shape index (κ3) is 3.70. The van der Waals surface area contributed by atoms with Gasteiger partial charge in [-0.05, 0) is 67.6 Å². The summed E-state index contributed by atoms with van der Waals surface area (Å²) in [5.41, 5.74) is 1.19. The number of halogens is 3. The number of rotatable bonds is 3. The van der Waals surface area contributed by atoms with Crippen molar-refractivity contribution in [1.82, 2.24) is 0 Å². The van der Waals surface area contributed by atoms with Gasteiger partial charge in [-0.15, -0.1) is 0 Å². The standard InChI is InChI=1S/C21H27F3/c1-14-11-18(12-19(23)21(14)20(24)13-22)17-9-7-16(8-10-17)15-5-3-2-4-6-15/h11-13,15-17H,2-10H2,1H3/b20-13-. The highest BCUT2D eigenvalue weighted by molar-refractivity contribution is 5.62. The van der Waals surface area contributed by atoms with Crippen LogP contribution in [0.2, 0.25) is 0 Å². The molecule has 0 N–H and O–H groups in total. The third-order valence-electron chi connectivity index (χ3n) is 6.20. The van der Waals surface area contributed by atoms with Gasteiger partial charge in [0.1, 0.15) is 12.1 Å². The quantitative estimate of drug-likeness (QED) is 0.546. The van der Waals surface area contributed by atoms with Crippen molar-refractivity contribution in [2.24, 2.45) is 11.8 Å². The fraction of sp³-hybridized carbons (Fsp3) is 0.619. The first-order valence-corrected chi connectivity index (χ1v) is 9.36. The number of aryl methyl sites for hydroxylation is 1. The lowest BCUT2D eigenvalue weighted by Gasteiger charge is -2.36. The van der Waals surface area contributed by atoms with E-state index < -0.39 is 11.6 Å². The van der Waals surface area contributed by atoms with E-state index in [0.29, 0.717) is 11.5 Å². The van der Waals surface area contributed by atoms with Gasteiger partial charge < -0.3 is 0 Å². The molecule has 1 aromatic carbocycles. The molecule has 0 heterocycles. The topological polar surface area (TPSA) is 0 Å². The van der Waals surface area contributed by atoms with Crippen molar-refractivity contribution >= 4 is 5.83 Å². The van der Waals surface area contributed by atoms with Crippen molar-refractivity contribution in [3.8, 4) is 0 Å². The number of hydrogen-bond donors (Lipinski definition) is 0. The van der Waals surface area contributed by atoms with Crippen LogP contribution in [-0.2, 0) is 0 Å². The van der Waals surface area contributed by atoms with Gasteiger partial charge in [0, 0.05) is 0 Å². The second-order valence-corrected chi connectivity index (χ2v) is 7.66. The van der Waals surface area contributed by atoms with E-state index in [1.54, 1.807) is 6.92 Å². The minimum Gasteiger partial charge on any atom is -0.212 e. The molecule has 132 valence electrons. The Labute approximate surface area is 143 Å². The van der Waals surface area contributed by atoms with Gasteiger partial charge in [0.15, 0.2) is 5.83 Å². The van der Waals surface area contributed by atoms with Crippen LogP contribution in [0.1, 0.15) is 80.4 Å². The van der Waals surface area contributed by atoms with Crippen LogP contribution < -0.4 is 0 Å². The third-order valence-corrected chi connectivity index (χ3v) is 6.20. The Hall–Kier alpha value is -1.25. The van der Waals surface area contributed by atoms with E-state index in [9.17, 15) is 13.2 Å². The minimum atomic E-state index is -1.13. The van der Waals surface area contributed by atoms with Crippen molar-refractivity contribution in [3.05, 3.63) is 41.0 Å².